The molecule has 0 aromatic heterocycles. The van der Waals surface area contributed by atoms with Gasteiger partial charge in [0.05, 0.1) is 24.4 Å². The first kappa shape index (κ1) is 10.9. The largest absolute Gasteiger partial charge is 0.503 e. The predicted molar refractivity (Wildman–Crippen MR) is 53.3 cm³/mol. The highest BCUT2D eigenvalue weighted by Crippen LogP contribution is 2.47. The molecular formula is C8H9BrFNO3. The van der Waals surface area contributed by atoms with E-state index >= 15 is 0 Å². The molecule has 78 valence electrons. The van der Waals surface area contributed by atoms with Gasteiger partial charge in [-0.2, -0.15) is 0 Å². The number of hydrogen-bond acceptors (Lipinski definition) is 4. The van der Waals surface area contributed by atoms with Crippen LogP contribution in [0.5, 0.6) is 17.2 Å². The van der Waals surface area contributed by atoms with Gasteiger partial charge in [-0.05, 0) is 15.9 Å². The van der Waals surface area contributed by atoms with Gasteiger partial charge in [0, 0.05) is 0 Å². The van der Waals surface area contributed by atoms with Crippen LogP contribution in [-0.2, 0) is 0 Å². The normalized spacial score (nSPS) is 10.0. The van der Waals surface area contributed by atoms with E-state index < -0.39 is 5.82 Å². The minimum atomic E-state index is -0.709. The standard InChI is InChI=1S/C8H9BrFNO3/c1-13-7-4(10)3(9)5(11)6(12)8(7)14-2/h12H,11H2,1-2H3. The molecule has 0 fully saturated rings. The van der Waals surface area contributed by atoms with Gasteiger partial charge in [0.2, 0.25) is 11.5 Å². The second-order valence-corrected chi connectivity index (χ2v) is 3.25. The second kappa shape index (κ2) is 3.91. The maximum Gasteiger partial charge on any atom is 0.208 e. The van der Waals surface area contributed by atoms with Crippen molar-refractivity contribution in [3.8, 4) is 17.2 Å². The Morgan fingerprint density at radius 2 is 1.79 bits per heavy atom. The average Bonchev–Trinajstić information content (AvgIpc) is 2.20. The summed E-state index contributed by atoms with van der Waals surface area (Å²) < 4.78 is 22.9. The third kappa shape index (κ3) is 1.45. The van der Waals surface area contributed by atoms with E-state index in [9.17, 15) is 9.50 Å². The van der Waals surface area contributed by atoms with Crippen molar-refractivity contribution in [2.24, 2.45) is 0 Å². The van der Waals surface area contributed by atoms with Crippen LogP contribution in [0, 0.1) is 5.82 Å². The van der Waals surface area contributed by atoms with Crippen molar-refractivity contribution in [3.05, 3.63) is 10.3 Å². The van der Waals surface area contributed by atoms with Crippen LogP contribution in [0.1, 0.15) is 0 Å². The van der Waals surface area contributed by atoms with Crippen LogP contribution in [0.4, 0.5) is 10.1 Å². The number of rotatable bonds is 2. The summed E-state index contributed by atoms with van der Waals surface area (Å²) in [5.41, 5.74) is 5.29. The van der Waals surface area contributed by atoms with E-state index in [-0.39, 0.29) is 27.4 Å². The van der Waals surface area contributed by atoms with E-state index in [2.05, 4.69) is 15.9 Å². The van der Waals surface area contributed by atoms with Crippen LogP contribution in [-0.4, -0.2) is 19.3 Å². The van der Waals surface area contributed by atoms with Crippen molar-refractivity contribution in [3.63, 3.8) is 0 Å². The van der Waals surface area contributed by atoms with Crippen molar-refractivity contribution in [2.45, 2.75) is 0 Å². The summed E-state index contributed by atoms with van der Waals surface area (Å²) in [5, 5.41) is 9.49. The Kier molecular flexibility index (Phi) is 3.05. The molecule has 0 saturated carbocycles. The molecule has 0 aliphatic heterocycles. The number of nitrogens with two attached hydrogens (primary N) is 1. The van der Waals surface area contributed by atoms with Crippen LogP contribution in [0.2, 0.25) is 0 Å². The van der Waals surface area contributed by atoms with Gasteiger partial charge in [0.1, 0.15) is 0 Å². The minimum Gasteiger partial charge on any atom is -0.503 e. The number of anilines is 1. The van der Waals surface area contributed by atoms with Crippen molar-refractivity contribution < 1.29 is 19.0 Å². The quantitative estimate of drug-likeness (QED) is 0.633. The Labute approximate surface area is 88.6 Å². The molecule has 3 N–H and O–H groups in total. The molecule has 0 unspecified atom stereocenters. The number of phenolic OH excluding ortho intramolecular Hbond substituents is 1. The highest BCUT2D eigenvalue weighted by molar-refractivity contribution is 9.10. The summed E-state index contributed by atoms with van der Waals surface area (Å²) in [6, 6.07) is 0. The van der Waals surface area contributed by atoms with Gasteiger partial charge in [-0.1, -0.05) is 0 Å². The molecule has 1 aromatic carbocycles. The SMILES string of the molecule is COc1c(O)c(N)c(Br)c(F)c1OC. The molecule has 1 aromatic rings. The first-order chi connectivity index (χ1) is 6.54. The first-order valence-electron chi connectivity index (χ1n) is 3.61. The molecule has 0 heterocycles. The van der Waals surface area contributed by atoms with E-state index in [0.717, 1.165) is 0 Å². The zero-order valence-electron chi connectivity index (χ0n) is 7.60. The lowest BCUT2D eigenvalue weighted by Crippen LogP contribution is -1.99. The maximum atomic E-state index is 13.4. The molecule has 0 spiro atoms. The van der Waals surface area contributed by atoms with Gasteiger partial charge in [-0.15, -0.1) is 0 Å². The Balaban J connectivity index is 3.57. The number of nitrogen functional groups attached to an aromatic ring is 1. The predicted octanol–water partition coefficient (Wildman–Crippen LogP) is 1.89. The van der Waals surface area contributed by atoms with Crippen LogP contribution >= 0.6 is 15.9 Å². The van der Waals surface area contributed by atoms with E-state index in [1.54, 1.807) is 0 Å². The number of phenols is 1. The zero-order chi connectivity index (χ0) is 10.9. The summed E-state index contributed by atoms with van der Waals surface area (Å²) in [7, 11) is 2.55. The maximum absolute atomic E-state index is 13.4. The zero-order valence-corrected chi connectivity index (χ0v) is 9.18. The Bertz CT molecular complexity index is 335. The Morgan fingerprint density at radius 3 is 2.21 bits per heavy atom. The molecule has 1 rings (SSSR count). The summed E-state index contributed by atoms with van der Waals surface area (Å²) in [4.78, 5) is 0. The second-order valence-electron chi connectivity index (χ2n) is 2.46. The van der Waals surface area contributed by atoms with E-state index in [1.807, 2.05) is 0 Å². The third-order valence-electron chi connectivity index (χ3n) is 1.71. The highest BCUT2D eigenvalue weighted by atomic mass is 79.9. The number of halogens is 2. The van der Waals surface area contributed by atoms with E-state index in [1.165, 1.54) is 14.2 Å². The van der Waals surface area contributed by atoms with Crippen LogP contribution in [0.3, 0.4) is 0 Å². The van der Waals surface area contributed by atoms with Crippen molar-refractivity contribution in [2.75, 3.05) is 20.0 Å². The van der Waals surface area contributed by atoms with Gasteiger partial charge in [-0.3, -0.25) is 0 Å². The molecule has 0 aliphatic rings. The molecule has 0 amide bonds. The summed E-state index contributed by atoms with van der Waals surface area (Å²) in [6.07, 6.45) is 0. The average molecular weight is 266 g/mol. The molecule has 6 heteroatoms. The molecular weight excluding hydrogens is 257 g/mol. The van der Waals surface area contributed by atoms with E-state index in [4.69, 9.17) is 15.2 Å². The topological polar surface area (TPSA) is 64.7 Å². The van der Waals surface area contributed by atoms with Crippen molar-refractivity contribution in [1.29, 1.82) is 0 Å². The smallest absolute Gasteiger partial charge is 0.208 e. The Morgan fingerprint density at radius 1 is 1.29 bits per heavy atom. The summed E-state index contributed by atoms with van der Waals surface area (Å²) in [5.74, 6) is -1.37. The monoisotopic (exact) mass is 265 g/mol. The molecule has 0 bridgehead atoms. The summed E-state index contributed by atoms with van der Waals surface area (Å²) >= 11 is 2.89. The lowest BCUT2D eigenvalue weighted by molar-refractivity contribution is 0.319. The fourth-order valence-corrected chi connectivity index (χ4v) is 1.39. The fourth-order valence-electron chi connectivity index (χ4n) is 1.02. The molecule has 0 radical (unpaired) electrons. The summed E-state index contributed by atoms with van der Waals surface area (Å²) in [6.45, 7) is 0. The minimum absolute atomic E-state index is 0.0485. The highest BCUT2D eigenvalue weighted by Gasteiger charge is 2.22. The first-order valence-corrected chi connectivity index (χ1v) is 4.41. The fraction of sp³-hybridized carbons (Fsp3) is 0.250. The van der Waals surface area contributed by atoms with Crippen molar-refractivity contribution >= 4 is 21.6 Å². The van der Waals surface area contributed by atoms with Gasteiger partial charge < -0.3 is 20.3 Å². The van der Waals surface area contributed by atoms with Crippen LogP contribution in [0.25, 0.3) is 0 Å². The Hall–Kier alpha value is -1.17. The molecule has 14 heavy (non-hydrogen) atoms. The number of ether oxygens (including phenoxy) is 2. The van der Waals surface area contributed by atoms with E-state index in [0.29, 0.717) is 0 Å². The van der Waals surface area contributed by atoms with Gasteiger partial charge >= 0.3 is 0 Å². The van der Waals surface area contributed by atoms with Gasteiger partial charge in [0.25, 0.3) is 0 Å². The molecule has 0 atom stereocenters. The molecule has 0 saturated heterocycles. The van der Waals surface area contributed by atoms with Gasteiger partial charge in [-0.25, -0.2) is 4.39 Å². The van der Waals surface area contributed by atoms with Crippen molar-refractivity contribution in [1.82, 2.24) is 0 Å². The van der Waals surface area contributed by atoms with Crippen LogP contribution in [0.15, 0.2) is 4.47 Å². The van der Waals surface area contributed by atoms with Gasteiger partial charge in [0.15, 0.2) is 11.6 Å². The lowest BCUT2D eigenvalue weighted by atomic mass is 10.2. The lowest BCUT2D eigenvalue weighted by Gasteiger charge is -2.13. The number of benzene rings is 1. The number of methoxy groups -OCH3 is 2. The van der Waals surface area contributed by atoms with Crippen LogP contribution < -0.4 is 15.2 Å². The number of aromatic hydroxyl groups is 1. The number of hydrogen-bond donors (Lipinski definition) is 2. The molecule has 4 nitrogen and oxygen atoms in total. The molecule has 0 aliphatic carbocycles. The third-order valence-corrected chi connectivity index (χ3v) is 2.49.